The van der Waals surface area contributed by atoms with Crippen molar-refractivity contribution >= 4 is 29.1 Å². The maximum atomic E-state index is 12.3. The molecule has 0 aromatic heterocycles. The maximum absolute atomic E-state index is 12.3. The van der Waals surface area contributed by atoms with E-state index < -0.39 is 10.8 Å². The van der Waals surface area contributed by atoms with E-state index in [9.17, 15) is 25.0 Å². The molecule has 124 valence electrons. The van der Waals surface area contributed by atoms with Gasteiger partial charge in [0.05, 0.1) is 10.6 Å². The van der Waals surface area contributed by atoms with Crippen LogP contribution in [0, 0.1) is 21.4 Å². The van der Waals surface area contributed by atoms with Crippen LogP contribution < -0.4 is 5.32 Å². The number of carbonyl (C=O) groups is 2. The number of nitrogens with zero attached hydrogens (tertiary/aromatic N) is 2. The molecule has 0 saturated carbocycles. The van der Waals surface area contributed by atoms with Gasteiger partial charge in [0.25, 0.3) is 11.6 Å². The number of anilines is 1. The van der Waals surface area contributed by atoms with E-state index in [1.165, 1.54) is 37.3 Å². The van der Waals surface area contributed by atoms with E-state index >= 15 is 0 Å². The van der Waals surface area contributed by atoms with Gasteiger partial charge in [-0.05, 0) is 42.8 Å². The minimum absolute atomic E-state index is 0.0875. The molecule has 7 heteroatoms. The maximum Gasteiger partial charge on any atom is 0.269 e. The second kappa shape index (κ2) is 7.66. The molecule has 0 spiro atoms. The molecule has 2 aromatic rings. The van der Waals surface area contributed by atoms with Crippen LogP contribution in [0.1, 0.15) is 22.8 Å². The van der Waals surface area contributed by atoms with Crippen LogP contribution in [0.2, 0.25) is 0 Å². The molecule has 7 nitrogen and oxygen atoms in total. The topological polar surface area (TPSA) is 113 Å². The minimum atomic E-state index is -0.672. The van der Waals surface area contributed by atoms with Crippen molar-refractivity contribution in [1.82, 2.24) is 0 Å². The van der Waals surface area contributed by atoms with E-state index in [1.807, 2.05) is 0 Å². The lowest BCUT2D eigenvalue weighted by molar-refractivity contribution is -0.384. The Labute approximate surface area is 143 Å². The number of hydrogen-bond donors (Lipinski definition) is 1. The zero-order chi connectivity index (χ0) is 18.4. The van der Waals surface area contributed by atoms with E-state index in [2.05, 4.69) is 5.32 Å². The Morgan fingerprint density at radius 1 is 1.16 bits per heavy atom. The van der Waals surface area contributed by atoms with Gasteiger partial charge in [-0.1, -0.05) is 12.1 Å². The van der Waals surface area contributed by atoms with Crippen LogP contribution in [0.25, 0.3) is 6.08 Å². The second-order valence-electron chi connectivity index (χ2n) is 5.07. The lowest BCUT2D eigenvalue weighted by Gasteiger charge is -2.08. The number of para-hydroxylation sites is 1. The van der Waals surface area contributed by atoms with Crippen LogP contribution in [0.3, 0.4) is 0 Å². The Balaban J connectivity index is 2.26. The standard InChI is InChI=1S/C18H13N3O4/c1-12(22)16-4-2-3-5-17(16)20-18(23)14(11-19)10-13-6-8-15(9-7-13)21(24)25/h2-10H,1H3,(H,20,23)/b14-10-. The van der Waals surface area contributed by atoms with Crippen LogP contribution in [0.4, 0.5) is 11.4 Å². The van der Waals surface area contributed by atoms with Gasteiger partial charge in [-0.25, -0.2) is 0 Å². The third kappa shape index (κ3) is 4.36. The van der Waals surface area contributed by atoms with E-state index in [-0.39, 0.29) is 17.0 Å². The van der Waals surface area contributed by atoms with E-state index in [1.54, 1.807) is 30.3 Å². The molecule has 0 aliphatic carbocycles. The monoisotopic (exact) mass is 335 g/mol. The summed E-state index contributed by atoms with van der Waals surface area (Å²) in [4.78, 5) is 34.0. The number of carbonyl (C=O) groups excluding carboxylic acids is 2. The van der Waals surface area contributed by atoms with Crippen molar-refractivity contribution in [3.8, 4) is 6.07 Å². The van der Waals surface area contributed by atoms with Crippen LogP contribution in [-0.4, -0.2) is 16.6 Å². The van der Waals surface area contributed by atoms with Gasteiger partial charge in [0.1, 0.15) is 11.6 Å². The normalized spacial score (nSPS) is 10.6. The first-order chi connectivity index (χ1) is 11.9. The molecule has 1 N–H and O–H groups in total. The summed E-state index contributed by atoms with van der Waals surface area (Å²) in [5.41, 5.74) is 0.841. The smallest absolute Gasteiger partial charge is 0.269 e. The quantitative estimate of drug-likeness (QED) is 0.296. The number of non-ortho nitro benzene ring substituents is 1. The number of Topliss-reactive ketones (excluding diaryl/α,β-unsaturated/α-hetero) is 1. The highest BCUT2D eigenvalue weighted by Gasteiger charge is 2.13. The number of ketones is 1. The van der Waals surface area contributed by atoms with Gasteiger partial charge < -0.3 is 5.32 Å². The highest BCUT2D eigenvalue weighted by molar-refractivity contribution is 6.12. The summed E-state index contributed by atoms with van der Waals surface area (Å²) in [5.74, 6) is -0.886. The molecule has 0 saturated heterocycles. The number of nitro groups is 1. The molecule has 2 rings (SSSR count). The Kier molecular flexibility index (Phi) is 5.38. The molecular formula is C18H13N3O4. The van der Waals surface area contributed by atoms with Crippen molar-refractivity contribution in [2.45, 2.75) is 6.92 Å². The number of hydrogen-bond acceptors (Lipinski definition) is 5. The van der Waals surface area contributed by atoms with Crippen molar-refractivity contribution in [3.05, 3.63) is 75.3 Å². The molecule has 1 amide bonds. The van der Waals surface area contributed by atoms with Gasteiger partial charge in [-0.15, -0.1) is 0 Å². The summed E-state index contributed by atoms with van der Waals surface area (Å²) in [7, 11) is 0. The number of nitro benzene ring substituents is 1. The third-order valence-electron chi connectivity index (χ3n) is 3.33. The molecular weight excluding hydrogens is 322 g/mol. The molecule has 0 aliphatic rings. The summed E-state index contributed by atoms with van der Waals surface area (Å²) in [6, 6.07) is 13.7. The van der Waals surface area contributed by atoms with Gasteiger partial charge in [-0.2, -0.15) is 5.26 Å². The van der Waals surface area contributed by atoms with Crippen molar-refractivity contribution < 1.29 is 14.5 Å². The fraction of sp³-hybridized carbons (Fsp3) is 0.0556. The minimum Gasteiger partial charge on any atom is -0.321 e. The predicted molar refractivity (Wildman–Crippen MR) is 91.8 cm³/mol. The molecule has 0 heterocycles. The van der Waals surface area contributed by atoms with Crippen molar-refractivity contribution in [2.24, 2.45) is 0 Å². The Morgan fingerprint density at radius 2 is 1.80 bits per heavy atom. The molecule has 0 radical (unpaired) electrons. The molecule has 25 heavy (non-hydrogen) atoms. The van der Waals surface area contributed by atoms with Gasteiger partial charge in [0.2, 0.25) is 0 Å². The summed E-state index contributed by atoms with van der Waals surface area (Å²) in [6.07, 6.45) is 1.31. The second-order valence-corrected chi connectivity index (χ2v) is 5.07. The van der Waals surface area contributed by atoms with Gasteiger partial charge >= 0.3 is 0 Å². The highest BCUT2D eigenvalue weighted by Crippen LogP contribution is 2.18. The molecule has 0 bridgehead atoms. The first-order valence-corrected chi connectivity index (χ1v) is 7.20. The fourth-order valence-corrected chi connectivity index (χ4v) is 2.10. The number of amides is 1. The Bertz CT molecular complexity index is 909. The SMILES string of the molecule is CC(=O)c1ccccc1NC(=O)/C(C#N)=C\c1ccc([N+](=O)[O-])cc1. The zero-order valence-corrected chi connectivity index (χ0v) is 13.2. The Hall–Kier alpha value is -3.79. The van der Waals surface area contributed by atoms with Gasteiger partial charge in [0, 0.05) is 17.7 Å². The summed E-state index contributed by atoms with van der Waals surface area (Å²) in [6.45, 7) is 1.38. The molecule has 0 unspecified atom stereocenters. The zero-order valence-electron chi connectivity index (χ0n) is 13.2. The van der Waals surface area contributed by atoms with E-state index in [0.717, 1.165) is 0 Å². The summed E-state index contributed by atoms with van der Waals surface area (Å²) >= 11 is 0. The van der Waals surface area contributed by atoms with Gasteiger partial charge in [0.15, 0.2) is 5.78 Å². The van der Waals surface area contributed by atoms with E-state index in [4.69, 9.17) is 0 Å². The van der Waals surface area contributed by atoms with E-state index in [0.29, 0.717) is 16.8 Å². The summed E-state index contributed by atoms with van der Waals surface area (Å²) in [5, 5.41) is 22.4. The molecule has 0 aliphatic heterocycles. The largest absolute Gasteiger partial charge is 0.321 e. The first kappa shape index (κ1) is 17.6. The third-order valence-corrected chi connectivity index (χ3v) is 3.33. The van der Waals surface area contributed by atoms with Crippen LogP contribution in [0.15, 0.2) is 54.1 Å². The number of nitrogens with one attached hydrogen (secondary N) is 1. The Morgan fingerprint density at radius 3 is 2.36 bits per heavy atom. The average Bonchev–Trinajstić information content (AvgIpc) is 2.60. The number of rotatable bonds is 5. The van der Waals surface area contributed by atoms with Crippen LogP contribution in [-0.2, 0) is 4.79 Å². The fourth-order valence-electron chi connectivity index (χ4n) is 2.10. The lowest BCUT2D eigenvalue weighted by Crippen LogP contribution is -2.15. The van der Waals surface area contributed by atoms with Crippen molar-refractivity contribution in [2.75, 3.05) is 5.32 Å². The molecule has 2 aromatic carbocycles. The predicted octanol–water partition coefficient (Wildman–Crippen LogP) is 3.34. The molecule has 0 atom stereocenters. The average molecular weight is 335 g/mol. The first-order valence-electron chi connectivity index (χ1n) is 7.20. The summed E-state index contributed by atoms with van der Waals surface area (Å²) < 4.78 is 0. The number of nitriles is 1. The highest BCUT2D eigenvalue weighted by atomic mass is 16.6. The van der Waals surface area contributed by atoms with Crippen LogP contribution in [0.5, 0.6) is 0 Å². The van der Waals surface area contributed by atoms with Crippen molar-refractivity contribution in [1.29, 1.82) is 5.26 Å². The molecule has 0 fully saturated rings. The number of benzene rings is 2. The van der Waals surface area contributed by atoms with Gasteiger partial charge in [-0.3, -0.25) is 19.7 Å². The lowest BCUT2D eigenvalue weighted by atomic mass is 10.1. The van der Waals surface area contributed by atoms with Crippen molar-refractivity contribution in [3.63, 3.8) is 0 Å². The van der Waals surface area contributed by atoms with Crippen LogP contribution >= 0.6 is 0 Å².